The van der Waals surface area contributed by atoms with Crippen molar-refractivity contribution in [3.8, 4) is 5.75 Å². The maximum atomic E-state index is 12.8. The van der Waals surface area contributed by atoms with Crippen molar-refractivity contribution in [2.75, 3.05) is 19.6 Å². The molecule has 0 saturated carbocycles. The fraction of sp³-hybridized carbons (Fsp3) is 0.364. The van der Waals surface area contributed by atoms with Crippen molar-refractivity contribution in [2.45, 2.75) is 31.3 Å². The number of piperidine rings is 1. The molecule has 2 aliphatic rings. The number of likely N-dealkylation sites (tertiary alicyclic amines) is 1. The van der Waals surface area contributed by atoms with Crippen molar-refractivity contribution in [1.29, 1.82) is 0 Å². The molecule has 144 valence electrons. The average molecular weight is 377 g/mol. The molecule has 2 aromatic carbocycles. The Bertz CT molecular complexity index is 1080. The molecule has 1 saturated heterocycles. The molecule has 0 bridgehead atoms. The second-order valence-corrected chi connectivity index (χ2v) is 7.94. The summed E-state index contributed by atoms with van der Waals surface area (Å²) in [6.07, 6.45) is 3.13. The van der Waals surface area contributed by atoms with Crippen LogP contribution in [0.1, 0.15) is 35.2 Å². The topological polar surface area (TPSA) is 78.2 Å². The van der Waals surface area contributed by atoms with Gasteiger partial charge in [-0.15, -0.1) is 0 Å². The molecule has 2 N–H and O–H groups in total. The number of carbonyl (C=O) groups excluding carboxylic acids is 1. The first-order valence-corrected chi connectivity index (χ1v) is 9.85. The van der Waals surface area contributed by atoms with Crippen LogP contribution in [0.3, 0.4) is 0 Å². The summed E-state index contributed by atoms with van der Waals surface area (Å²) in [5.74, 6) is 0.694. The highest BCUT2D eigenvalue weighted by atomic mass is 16.5. The summed E-state index contributed by atoms with van der Waals surface area (Å²) in [6, 6.07) is 14.0. The Balaban J connectivity index is 1.29. The number of nitrogens with one attached hydrogen (secondary N) is 2. The Morgan fingerprint density at radius 3 is 2.46 bits per heavy atom. The Morgan fingerprint density at radius 2 is 1.71 bits per heavy atom. The number of aromatic amines is 2. The van der Waals surface area contributed by atoms with E-state index in [0.717, 1.165) is 38.9 Å². The SMILES string of the molecule is O=C1CC2(CCN(CCc3ccccc3)CC2)Oc2cc3[nH]c(=O)[nH]c3cc21. The molecule has 28 heavy (non-hydrogen) atoms. The Labute approximate surface area is 162 Å². The molecular formula is C22H23N3O3. The molecule has 6 nitrogen and oxygen atoms in total. The maximum Gasteiger partial charge on any atom is 0.323 e. The summed E-state index contributed by atoms with van der Waals surface area (Å²) in [4.78, 5) is 32.2. The smallest absolute Gasteiger partial charge is 0.323 e. The first-order chi connectivity index (χ1) is 13.6. The van der Waals surface area contributed by atoms with Crippen molar-refractivity contribution in [3.05, 3.63) is 64.1 Å². The lowest BCUT2D eigenvalue weighted by Crippen LogP contribution is -2.51. The highest BCUT2D eigenvalue weighted by Crippen LogP contribution is 2.40. The highest BCUT2D eigenvalue weighted by Gasteiger charge is 2.43. The number of Topliss-reactive ketones (excluding diaryl/α,β-unsaturated/α-hetero) is 1. The van der Waals surface area contributed by atoms with Gasteiger partial charge in [0.25, 0.3) is 0 Å². The second kappa shape index (κ2) is 6.63. The van der Waals surface area contributed by atoms with Gasteiger partial charge >= 0.3 is 5.69 Å². The lowest BCUT2D eigenvalue weighted by Gasteiger charge is -2.44. The van der Waals surface area contributed by atoms with Gasteiger partial charge in [-0.1, -0.05) is 30.3 Å². The van der Waals surface area contributed by atoms with E-state index in [2.05, 4.69) is 39.1 Å². The zero-order valence-electron chi connectivity index (χ0n) is 15.7. The Kier molecular flexibility index (Phi) is 4.09. The van der Waals surface area contributed by atoms with E-state index in [1.807, 2.05) is 6.07 Å². The minimum Gasteiger partial charge on any atom is -0.486 e. The number of ether oxygens (including phenoxy) is 1. The summed E-state index contributed by atoms with van der Waals surface area (Å²) >= 11 is 0. The predicted octanol–water partition coefficient (Wildman–Crippen LogP) is 2.90. The van der Waals surface area contributed by atoms with Crippen LogP contribution >= 0.6 is 0 Å². The average Bonchev–Trinajstić information content (AvgIpc) is 3.06. The first-order valence-electron chi connectivity index (χ1n) is 9.85. The zero-order valence-corrected chi connectivity index (χ0v) is 15.7. The summed E-state index contributed by atoms with van der Waals surface area (Å²) in [6.45, 7) is 2.88. The zero-order chi connectivity index (χ0) is 19.1. The number of rotatable bonds is 3. The van der Waals surface area contributed by atoms with Crippen LogP contribution in [0.5, 0.6) is 5.75 Å². The standard InChI is InChI=1S/C22H23N3O3/c26-19-14-22(28-20-13-18-17(12-16(19)20)23-21(27)24-18)7-10-25(11-8-22)9-6-15-4-2-1-3-5-15/h1-5,12-13H,6-11,14H2,(H2,23,24,27). The van der Waals surface area contributed by atoms with Gasteiger partial charge in [-0.25, -0.2) is 4.79 Å². The van der Waals surface area contributed by atoms with Crippen molar-refractivity contribution in [2.24, 2.45) is 0 Å². The number of carbonyl (C=O) groups is 1. The summed E-state index contributed by atoms with van der Waals surface area (Å²) in [5, 5.41) is 0. The molecule has 3 aromatic rings. The minimum absolute atomic E-state index is 0.0999. The molecule has 5 rings (SSSR count). The van der Waals surface area contributed by atoms with Crippen molar-refractivity contribution in [1.82, 2.24) is 14.9 Å². The van der Waals surface area contributed by atoms with Gasteiger partial charge in [0.2, 0.25) is 0 Å². The molecule has 3 heterocycles. The van der Waals surface area contributed by atoms with Gasteiger partial charge in [-0.05, 0) is 18.1 Å². The molecule has 6 heteroatoms. The van der Waals surface area contributed by atoms with E-state index in [-0.39, 0.29) is 11.5 Å². The van der Waals surface area contributed by atoms with E-state index in [0.29, 0.717) is 28.8 Å². The molecule has 1 fully saturated rings. The van der Waals surface area contributed by atoms with E-state index >= 15 is 0 Å². The summed E-state index contributed by atoms with van der Waals surface area (Å²) < 4.78 is 6.38. The largest absolute Gasteiger partial charge is 0.486 e. The number of nitrogens with zero attached hydrogens (tertiary/aromatic N) is 1. The van der Waals surface area contributed by atoms with Crippen LogP contribution in [0, 0.1) is 0 Å². The van der Waals surface area contributed by atoms with E-state index in [4.69, 9.17) is 4.74 Å². The van der Waals surface area contributed by atoms with Crippen LogP contribution < -0.4 is 10.4 Å². The van der Waals surface area contributed by atoms with Crippen LogP contribution in [-0.4, -0.2) is 45.9 Å². The normalized spacial score (nSPS) is 18.9. The van der Waals surface area contributed by atoms with Crippen molar-refractivity contribution < 1.29 is 9.53 Å². The molecule has 0 atom stereocenters. The minimum atomic E-state index is -0.419. The third-order valence-electron chi connectivity index (χ3n) is 6.05. The van der Waals surface area contributed by atoms with Crippen molar-refractivity contribution >= 4 is 16.8 Å². The number of hydrogen-bond donors (Lipinski definition) is 2. The highest BCUT2D eigenvalue weighted by molar-refractivity contribution is 6.03. The summed E-state index contributed by atoms with van der Waals surface area (Å²) in [7, 11) is 0. The first kappa shape index (κ1) is 17.3. The second-order valence-electron chi connectivity index (χ2n) is 7.94. The molecule has 0 amide bonds. The summed E-state index contributed by atoms with van der Waals surface area (Å²) in [5.41, 5.74) is 2.55. The van der Waals surface area contributed by atoms with E-state index in [1.165, 1.54) is 5.56 Å². The van der Waals surface area contributed by atoms with Crippen LogP contribution in [-0.2, 0) is 6.42 Å². The molecule has 1 aromatic heterocycles. The lowest BCUT2D eigenvalue weighted by molar-refractivity contribution is -0.00855. The lowest BCUT2D eigenvalue weighted by atomic mass is 9.82. The number of H-pyrrole nitrogens is 2. The van der Waals surface area contributed by atoms with Crippen LogP contribution in [0.25, 0.3) is 11.0 Å². The molecule has 0 aliphatic carbocycles. The Hall–Kier alpha value is -2.86. The maximum absolute atomic E-state index is 12.8. The fourth-order valence-corrected chi connectivity index (χ4v) is 4.42. The quantitative estimate of drug-likeness (QED) is 0.736. The van der Waals surface area contributed by atoms with Crippen LogP contribution in [0.15, 0.2) is 47.3 Å². The number of hydrogen-bond acceptors (Lipinski definition) is 4. The molecule has 0 radical (unpaired) electrons. The predicted molar refractivity (Wildman–Crippen MR) is 107 cm³/mol. The number of ketones is 1. The van der Waals surface area contributed by atoms with Gasteiger partial charge < -0.3 is 19.6 Å². The van der Waals surface area contributed by atoms with E-state index in [1.54, 1.807) is 12.1 Å². The third-order valence-corrected chi connectivity index (χ3v) is 6.05. The van der Waals surface area contributed by atoms with Gasteiger partial charge in [-0.2, -0.15) is 0 Å². The fourth-order valence-electron chi connectivity index (χ4n) is 4.42. The third kappa shape index (κ3) is 3.14. The molecular weight excluding hydrogens is 354 g/mol. The number of aromatic nitrogens is 2. The number of fused-ring (bicyclic) bond motifs is 2. The number of imidazole rings is 1. The van der Waals surface area contributed by atoms with Crippen molar-refractivity contribution in [3.63, 3.8) is 0 Å². The monoisotopic (exact) mass is 377 g/mol. The van der Waals surface area contributed by atoms with Gasteiger partial charge in [-0.3, -0.25) is 4.79 Å². The van der Waals surface area contributed by atoms with Gasteiger partial charge in [0, 0.05) is 38.5 Å². The van der Waals surface area contributed by atoms with Gasteiger partial charge in [0.05, 0.1) is 23.0 Å². The van der Waals surface area contributed by atoms with E-state index in [9.17, 15) is 9.59 Å². The Morgan fingerprint density at radius 1 is 1.00 bits per heavy atom. The number of benzene rings is 2. The van der Waals surface area contributed by atoms with Crippen LogP contribution in [0.2, 0.25) is 0 Å². The van der Waals surface area contributed by atoms with E-state index < -0.39 is 5.60 Å². The molecule has 1 spiro atoms. The van der Waals surface area contributed by atoms with Gasteiger partial charge in [0.15, 0.2) is 5.78 Å². The molecule has 0 unspecified atom stereocenters. The van der Waals surface area contributed by atoms with Crippen LogP contribution in [0.4, 0.5) is 0 Å². The molecule has 2 aliphatic heterocycles. The van der Waals surface area contributed by atoms with Gasteiger partial charge in [0.1, 0.15) is 11.4 Å².